The smallest absolute Gasteiger partial charge is 0.287 e. The van der Waals surface area contributed by atoms with E-state index >= 15 is 0 Å². The van der Waals surface area contributed by atoms with Gasteiger partial charge in [-0.15, -0.1) is 0 Å². The molecule has 0 aliphatic carbocycles. The van der Waals surface area contributed by atoms with E-state index in [0.717, 1.165) is 34.8 Å². The van der Waals surface area contributed by atoms with Crippen molar-refractivity contribution in [2.75, 3.05) is 0 Å². The number of amides is 1. The van der Waals surface area contributed by atoms with Crippen molar-refractivity contribution in [1.29, 1.82) is 0 Å². The Labute approximate surface area is 143 Å². The first-order valence-electron chi connectivity index (χ1n) is 7.83. The van der Waals surface area contributed by atoms with Crippen LogP contribution >= 0.6 is 11.8 Å². The van der Waals surface area contributed by atoms with Crippen LogP contribution in [0.1, 0.15) is 11.1 Å². The summed E-state index contributed by atoms with van der Waals surface area (Å²) in [5.41, 5.74) is 3.45. The average Bonchev–Trinajstić information content (AvgIpc) is 3.09. The minimum Gasteiger partial charge on any atom is -0.343 e. The zero-order chi connectivity index (χ0) is 16.5. The molecule has 1 aliphatic rings. The monoisotopic (exact) mass is 336 g/mol. The van der Waals surface area contributed by atoms with Crippen molar-refractivity contribution in [3.05, 3.63) is 71.9 Å². The molecule has 24 heavy (non-hydrogen) atoms. The Morgan fingerprint density at radius 1 is 1.00 bits per heavy atom. The quantitative estimate of drug-likeness (QED) is 0.792. The fraction of sp³-hybridized carbons (Fsp3) is 0.158. The number of nitrogens with zero attached hydrogens (tertiary/aromatic N) is 1. The molecule has 1 fully saturated rings. The van der Waals surface area contributed by atoms with Crippen LogP contribution < -0.4 is 5.32 Å². The highest BCUT2D eigenvalue weighted by Crippen LogP contribution is 2.26. The zero-order valence-corrected chi connectivity index (χ0v) is 13.8. The lowest BCUT2D eigenvalue weighted by Gasteiger charge is -2.06. The van der Waals surface area contributed by atoms with Gasteiger partial charge in [0, 0.05) is 41.8 Å². The third-order valence-corrected chi connectivity index (χ3v) is 5.05. The molecular weight excluding hydrogens is 320 g/mol. The van der Waals surface area contributed by atoms with Gasteiger partial charge in [-0.25, -0.2) is 0 Å². The minimum atomic E-state index is -0.432. The molecule has 4 nitrogen and oxygen atoms in total. The van der Waals surface area contributed by atoms with Gasteiger partial charge in [-0.3, -0.25) is 9.59 Å². The first kappa shape index (κ1) is 15.0. The van der Waals surface area contributed by atoms with Gasteiger partial charge < -0.3 is 9.88 Å². The van der Waals surface area contributed by atoms with Gasteiger partial charge in [-0.2, -0.15) is 0 Å². The Morgan fingerprint density at radius 3 is 2.50 bits per heavy atom. The molecule has 0 bridgehead atoms. The molecule has 2 heterocycles. The molecule has 1 atom stereocenters. The van der Waals surface area contributed by atoms with Crippen LogP contribution in [-0.4, -0.2) is 21.0 Å². The highest BCUT2D eigenvalue weighted by Gasteiger charge is 2.31. The summed E-state index contributed by atoms with van der Waals surface area (Å²) in [6.07, 6.45) is 2.62. The zero-order valence-electron chi connectivity index (χ0n) is 12.9. The van der Waals surface area contributed by atoms with Gasteiger partial charge in [-0.1, -0.05) is 48.5 Å². The summed E-state index contributed by atoms with van der Waals surface area (Å²) in [5, 5.41) is 3.52. The van der Waals surface area contributed by atoms with Gasteiger partial charge in [-0.05, 0) is 17.2 Å². The maximum absolute atomic E-state index is 11.9. The number of nitrogens with one attached hydrogen (secondary N) is 1. The molecule has 0 radical (unpaired) electrons. The number of fused-ring (bicyclic) bond motifs is 1. The van der Waals surface area contributed by atoms with E-state index in [9.17, 15) is 9.59 Å². The normalized spacial score (nSPS) is 17.4. The maximum atomic E-state index is 11.9. The highest BCUT2D eigenvalue weighted by molar-refractivity contribution is 8.26. The molecule has 1 aromatic heterocycles. The van der Waals surface area contributed by atoms with Gasteiger partial charge in [0.1, 0.15) is 6.04 Å². The van der Waals surface area contributed by atoms with Crippen LogP contribution in [0.5, 0.6) is 0 Å². The summed E-state index contributed by atoms with van der Waals surface area (Å²) in [6.45, 7) is 0.779. The van der Waals surface area contributed by atoms with Gasteiger partial charge in [0.05, 0.1) is 0 Å². The molecule has 1 amide bonds. The molecule has 4 rings (SSSR count). The van der Waals surface area contributed by atoms with Crippen molar-refractivity contribution < 1.29 is 9.59 Å². The van der Waals surface area contributed by atoms with Gasteiger partial charge in [0.25, 0.3) is 5.24 Å². The van der Waals surface area contributed by atoms with E-state index in [1.54, 1.807) is 0 Å². The number of carbonyl (C=O) groups is 2. The van der Waals surface area contributed by atoms with Gasteiger partial charge in [0.2, 0.25) is 5.12 Å². The van der Waals surface area contributed by atoms with Crippen LogP contribution in [-0.2, 0) is 17.8 Å². The number of aromatic nitrogens is 1. The Morgan fingerprint density at radius 2 is 1.75 bits per heavy atom. The fourth-order valence-electron chi connectivity index (χ4n) is 3.14. The Kier molecular flexibility index (Phi) is 3.86. The fourth-order valence-corrected chi connectivity index (χ4v) is 3.81. The summed E-state index contributed by atoms with van der Waals surface area (Å²) >= 11 is 0.767. The molecule has 1 saturated heterocycles. The molecule has 1 aliphatic heterocycles. The molecule has 2 aromatic carbocycles. The average molecular weight is 336 g/mol. The van der Waals surface area contributed by atoms with Crippen molar-refractivity contribution in [3.8, 4) is 0 Å². The Balaban J connectivity index is 1.69. The van der Waals surface area contributed by atoms with Crippen LogP contribution in [0.25, 0.3) is 10.9 Å². The van der Waals surface area contributed by atoms with Crippen molar-refractivity contribution in [3.63, 3.8) is 0 Å². The van der Waals surface area contributed by atoms with E-state index in [-0.39, 0.29) is 10.4 Å². The number of hydrogen-bond donors (Lipinski definition) is 1. The van der Waals surface area contributed by atoms with Crippen molar-refractivity contribution >= 4 is 33.0 Å². The van der Waals surface area contributed by atoms with Crippen LogP contribution in [0.15, 0.2) is 60.8 Å². The molecule has 5 heteroatoms. The molecule has 3 aromatic rings. The lowest BCUT2D eigenvalue weighted by atomic mass is 10.1. The lowest BCUT2D eigenvalue weighted by Crippen LogP contribution is -2.30. The van der Waals surface area contributed by atoms with Crippen molar-refractivity contribution in [2.45, 2.75) is 19.0 Å². The summed E-state index contributed by atoms with van der Waals surface area (Å²) in [7, 11) is 0. The standard InChI is InChI=1S/C19H16N2O2S/c22-18-16(20-19(23)24-18)10-14-12-21(11-13-6-2-1-3-7-13)17-9-5-4-8-15(14)17/h1-9,12,16H,10-11H2,(H,20,23). The van der Waals surface area contributed by atoms with E-state index in [2.05, 4.69) is 40.3 Å². The van der Waals surface area contributed by atoms with Gasteiger partial charge in [0.15, 0.2) is 0 Å². The maximum Gasteiger partial charge on any atom is 0.287 e. The SMILES string of the molecule is O=C1NC(Cc2cn(Cc3ccccc3)c3ccccc23)C(=O)S1. The topological polar surface area (TPSA) is 51.1 Å². The van der Waals surface area contributed by atoms with E-state index in [4.69, 9.17) is 0 Å². The first-order chi connectivity index (χ1) is 11.7. The van der Waals surface area contributed by atoms with Crippen molar-refractivity contribution in [2.24, 2.45) is 0 Å². The summed E-state index contributed by atoms with van der Waals surface area (Å²) < 4.78 is 2.20. The minimum absolute atomic E-state index is 0.0973. The summed E-state index contributed by atoms with van der Waals surface area (Å²) in [5.74, 6) is 0. The predicted molar refractivity (Wildman–Crippen MR) is 96.1 cm³/mol. The Hall–Kier alpha value is -2.53. The van der Waals surface area contributed by atoms with E-state index in [1.165, 1.54) is 5.56 Å². The highest BCUT2D eigenvalue weighted by atomic mass is 32.2. The second-order valence-corrected chi connectivity index (χ2v) is 6.87. The summed E-state index contributed by atoms with van der Waals surface area (Å²) in [4.78, 5) is 23.3. The number of benzene rings is 2. The second-order valence-electron chi connectivity index (χ2n) is 5.89. The third-order valence-electron chi connectivity index (χ3n) is 4.26. The first-order valence-corrected chi connectivity index (χ1v) is 8.65. The molecule has 0 saturated carbocycles. The van der Waals surface area contributed by atoms with E-state index in [1.807, 2.05) is 30.3 Å². The Bertz CT molecular complexity index is 918. The lowest BCUT2D eigenvalue weighted by molar-refractivity contribution is -0.112. The second kappa shape index (κ2) is 6.17. The van der Waals surface area contributed by atoms with Crippen LogP contribution in [0, 0.1) is 0 Å². The molecule has 0 spiro atoms. The largest absolute Gasteiger partial charge is 0.343 e. The predicted octanol–water partition coefficient (Wildman–Crippen LogP) is 3.58. The molecule has 1 unspecified atom stereocenters. The number of hydrogen-bond acceptors (Lipinski definition) is 3. The third kappa shape index (κ3) is 2.83. The number of thioether (sulfide) groups is 1. The van der Waals surface area contributed by atoms with Crippen LogP contribution in [0.4, 0.5) is 4.79 Å². The van der Waals surface area contributed by atoms with E-state index in [0.29, 0.717) is 6.42 Å². The van der Waals surface area contributed by atoms with Crippen LogP contribution in [0.3, 0.4) is 0 Å². The number of carbonyl (C=O) groups excluding carboxylic acids is 2. The summed E-state index contributed by atoms with van der Waals surface area (Å²) in [6, 6.07) is 18.0. The van der Waals surface area contributed by atoms with Gasteiger partial charge >= 0.3 is 0 Å². The van der Waals surface area contributed by atoms with E-state index < -0.39 is 6.04 Å². The number of para-hydroxylation sites is 1. The van der Waals surface area contributed by atoms with Crippen LogP contribution in [0.2, 0.25) is 0 Å². The molecule has 120 valence electrons. The molecular formula is C19H16N2O2S. The number of rotatable bonds is 4. The van der Waals surface area contributed by atoms with Crippen molar-refractivity contribution in [1.82, 2.24) is 9.88 Å². The molecule has 1 N–H and O–H groups in total.